The Kier molecular flexibility index (Phi) is 5.19. The van der Waals surface area contributed by atoms with Crippen LogP contribution < -0.4 is 0 Å². The number of rotatable bonds is 5. The highest BCUT2D eigenvalue weighted by Crippen LogP contribution is 2.35. The van der Waals surface area contributed by atoms with Crippen LogP contribution in [0.25, 0.3) is 55.6 Å². The van der Waals surface area contributed by atoms with Crippen LogP contribution in [0.15, 0.2) is 67.4 Å². The quantitative estimate of drug-likeness (QED) is 0.316. The lowest BCUT2D eigenvalue weighted by molar-refractivity contribution is 0.402. The van der Waals surface area contributed by atoms with E-state index < -0.39 is 5.82 Å². The molecule has 0 amide bonds. The molecular weight excluding hydrogens is 457 g/mol. The minimum absolute atomic E-state index is 0.139. The molecule has 6 rings (SSSR count). The predicted octanol–water partition coefficient (Wildman–Crippen LogP) is 5.14. The van der Waals surface area contributed by atoms with Gasteiger partial charge in [-0.25, -0.2) is 4.39 Å². The Hall–Kier alpha value is -4.63. The lowest BCUT2D eigenvalue weighted by Gasteiger charge is -2.10. The summed E-state index contributed by atoms with van der Waals surface area (Å²) in [5.74, 6) is -0.652. The molecular formula is C27H22FN7O. The van der Waals surface area contributed by atoms with Gasteiger partial charge in [0.1, 0.15) is 17.3 Å². The second-order valence-corrected chi connectivity index (χ2v) is 9.04. The number of nitrogens with one attached hydrogen (secondary N) is 2. The van der Waals surface area contributed by atoms with Gasteiger partial charge in [-0.3, -0.25) is 20.1 Å². The highest BCUT2D eigenvalue weighted by Gasteiger charge is 2.16. The van der Waals surface area contributed by atoms with Crippen LogP contribution in [0.4, 0.5) is 4.39 Å². The van der Waals surface area contributed by atoms with Crippen molar-refractivity contribution in [3.05, 3.63) is 78.8 Å². The molecule has 8 nitrogen and oxygen atoms in total. The first-order chi connectivity index (χ1) is 17.4. The molecule has 0 aliphatic heterocycles. The summed E-state index contributed by atoms with van der Waals surface area (Å²) < 4.78 is 14.0. The number of pyridine rings is 3. The van der Waals surface area contributed by atoms with Crippen molar-refractivity contribution in [3.63, 3.8) is 0 Å². The van der Waals surface area contributed by atoms with E-state index in [0.29, 0.717) is 11.1 Å². The average Bonchev–Trinajstić information content (AvgIpc) is 3.46. The molecule has 0 aliphatic carbocycles. The number of aromatic hydroxyl groups is 1. The number of halogens is 1. The number of H-pyrrole nitrogens is 2. The van der Waals surface area contributed by atoms with Crippen LogP contribution in [-0.2, 0) is 6.54 Å². The third-order valence-corrected chi connectivity index (χ3v) is 6.03. The zero-order chi connectivity index (χ0) is 24.8. The van der Waals surface area contributed by atoms with Crippen LogP contribution in [0, 0.1) is 5.82 Å². The number of nitrogens with zero attached hydrogens (tertiary/aromatic N) is 5. The average molecular weight is 480 g/mol. The standard InChI is InChI=1S/C27H22FN7O/c1-35(2)14-15-3-17(10-29-9-15)23-8-21-26(13-31-23)33-34-27(21)24-7-20-22(11-30-12-25(20)32-24)16-4-18(28)6-19(36)5-16/h3-13,32,36H,14H2,1-2H3,(H,33,34). The van der Waals surface area contributed by atoms with Crippen molar-refractivity contribution in [2.45, 2.75) is 6.54 Å². The van der Waals surface area contributed by atoms with Crippen molar-refractivity contribution in [2.75, 3.05) is 14.1 Å². The van der Waals surface area contributed by atoms with E-state index in [1.54, 1.807) is 18.6 Å². The minimum Gasteiger partial charge on any atom is -0.508 e. The van der Waals surface area contributed by atoms with E-state index in [2.05, 4.69) is 41.1 Å². The number of fused-ring (bicyclic) bond motifs is 2. The van der Waals surface area contributed by atoms with Gasteiger partial charge in [0.2, 0.25) is 0 Å². The summed E-state index contributed by atoms with van der Waals surface area (Å²) in [7, 11) is 4.04. The number of aromatic amines is 2. The maximum absolute atomic E-state index is 14.0. The third-order valence-electron chi connectivity index (χ3n) is 6.03. The van der Waals surface area contributed by atoms with E-state index in [-0.39, 0.29) is 5.75 Å². The zero-order valence-corrected chi connectivity index (χ0v) is 19.6. The Labute approximate surface area is 205 Å². The Bertz CT molecular complexity index is 1720. The largest absolute Gasteiger partial charge is 0.508 e. The van der Waals surface area contributed by atoms with E-state index >= 15 is 0 Å². The van der Waals surface area contributed by atoms with E-state index in [1.807, 2.05) is 38.6 Å². The SMILES string of the molecule is CN(C)Cc1cncc(-c2cc3c(-c4cc5c(-c6cc(O)cc(F)c6)cncc5[nH]4)n[nH]c3cn2)c1. The highest BCUT2D eigenvalue weighted by atomic mass is 19.1. The zero-order valence-electron chi connectivity index (χ0n) is 19.6. The molecule has 0 bridgehead atoms. The lowest BCUT2D eigenvalue weighted by atomic mass is 10.0. The van der Waals surface area contributed by atoms with Crippen LogP contribution in [-0.4, -0.2) is 54.2 Å². The van der Waals surface area contributed by atoms with Gasteiger partial charge < -0.3 is 15.0 Å². The van der Waals surface area contributed by atoms with Gasteiger partial charge in [0.15, 0.2) is 0 Å². The first-order valence-electron chi connectivity index (χ1n) is 11.3. The molecule has 0 unspecified atom stereocenters. The van der Waals surface area contributed by atoms with Crippen molar-refractivity contribution in [3.8, 4) is 39.5 Å². The molecule has 0 spiro atoms. The van der Waals surface area contributed by atoms with Crippen molar-refractivity contribution in [1.82, 2.24) is 35.0 Å². The van der Waals surface area contributed by atoms with Crippen LogP contribution in [0.3, 0.4) is 0 Å². The number of hydrogen-bond donors (Lipinski definition) is 3. The van der Waals surface area contributed by atoms with Crippen molar-refractivity contribution in [1.29, 1.82) is 0 Å². The smallest absolute Gasteiger partial charge is 0.127 e. The molecule has 9 heteroatoms. The van der Waals surface area contributed by atoms with Gasteiger partial charge in [-0.05, 0) is 55.6 Å². The molecule has 0 saturated carbocycles. The fourth-order valence-electron chi connectivity index (χ4n) is 4.50. The van der Waals surface area contributed by atoms with Gasteiger partial charge in [-0.1, -0.05) is 0 Å². The van der Waals surface area contributed by atoms with Crippen LogP contribution >= 0.6 is 0 Å². The fraction of sp³-hybridized carbons (Fsp3) is 0.111. The number of benzene rings is 1. The molecule has 0 atom stereocenters. The van der Waals surface area contributed by atoms with Gasteiger partial charge in [-0.15, -0.1) is 0 Å². The highest BCUT2D eigenvalue weighted by molar-refractivity contribution is 6.01. The third kappa shape index (κ3) is 3.95. The summed E-state index contributed by atoms with van der Waals surface area (Å²) in [5.41, 5.74) is 7.17. The molecule has 0 radical (unpaired) electrons. The number of hydrogen-bond acceptors (Lipinski definition) is 6. The summed E-state index contributed by atoms with van der Waals surface area (Å²) in [5, 5.41) is 19.2. The van der Waals surface area contributed by atoms with E-state index in [1.165, 1.54) is 12.1 Å². The Morgan fingerprint density at radius 1 is 0.861 bits per heavy atom. The summed E-state index contributed by atoms with van der Waals surface area (Å²) in [6, 6.07) is 10.0. The van der Waals surface area contributed by atoms with Crippen molar-refractivity contribution < 1.29 is 9.50 Å². The molecule has 178 valence electrons. The molecule has 0 aliphatic rings. The Morgan fingerprint density at radius 3 is 2.56 bits per heavy atom. The molecule has 6 aromatic rings. The number of phenolic OH excluding ortho intramolecular Hbond substituents is 1. The van der Waals surface area contributed by atoms with E-state index in [9.17, 15) is 9.50 Å². The second kappa shape index (κ2) is 8.54. The number of aromatic nitrogens is 6. The Balaban J connectivity index is 1.45. The number of phenols is 1. The van der Waals surface area contributed by atoms with Crippen molar-refractivity contribution in [2.24, 2.45) is 0 Å². The first kappa shape index (κ1) is 21.9. The molecule has 0 saturated heterocycles. The maximum Gasteiger partial charge on any atom is 0.127 e. The summed E-state index contributed by atoms with van der Waals surface area (Å²) in [6.45, 7) is 0.786. The van der Waals surface area contributed by atoms with E-state index in [0.717, 1.165) is 62.6 Å². The fourth-order valence-corrected chi connectivity index (χ4v) is 4.50. The topological polar surface area (TPSA) is 107 Å². The molecule has 1 aromatic carbocycles. The molecule has 3 N–H and O–H groups in total. The van der Waals surface area contributed by atoms with Crippen LogP contribution in [0.2, 0.25) is 0 Å². The Morgan fingerprint density at radius 2 is 1.72 bits per heavy atom. The van der Waals surface area contributed by atoms with Crippen molar-refractivity contribution >= 4 is 21.8 Å². The first-order valence-corrected chi connectivity index (χ1v) is 11.3. The van der Waals surface area contributed by atoms with Gasteiger partial charge in [0.05, 0.1) is 34.8 Å². The summed E-state index contributed by atoms with van der Waals surface area (Å²) in [6.07, 6.45) is 8.81. The molecule has 36 heavy (non-hydrogen) atoms. The van der Waals surface area contributed by atoms with Gasteiger partial charge in [0, 0.05) is 53.1 Å². The monoisotopic (exact) mass is 479 g/mol. The molecule has 5 aromatic heterocycles. The lowest BCUT2D eigenvalue weighted by Crippen LogP contribution is -2.10. The minimum atomic E-state index is -0.514. The maximum atomic E-state index is 14.0. The molecule has 5 heterocycles. The normalized spacial score (nSPS) is 11.7. The summed E-state index contributed by atoms with van der Waals surface area (Å²) in [4.78, 5) is 18.8. The second-order valence-electron chi connectivity index (χ2n) is 9.04. The predicted molar refractivity (Wildman–Crippen MR) is 137 cm³/mol. The van der Waals surface area contributed by atoms with E-state index in [4.69, 9.17) is 0 Å². The van der Waals surface area contributed by atoms with Crippen LogP contribution in [0.1, 0.15) is 5.56 Å². The molecule has 0 fully saturated rings. The van der Waals surface area contributed by atoms with Gasteiger partial charge >= 0.3 is 0 Å². The van der Waals surface area contributed by atoms with Gasteiger partial charge in [0.25, 0.3) is 0 Å². The summed E-state index contributed by atoms with van der Waals surface area (Å²) >= 11 is 0. The van der Waals surface area contributed by atoms with Crippen LogP contribution in [0.5, 0.6) is 5.75 Å². The van der Waals surface area contributed by atoms with Gasteiger partial charge in [-0.2, -0.15) is 5.10 Å².